The van der Waals surface area contributed by atoms with Crippen molar-refractivity contribution in [2.45, 2.75) is 101 Å². The van der Waals surface area contributed by atoms with Crippen molar-refractivity contribution in [3.63, 3.8) is 0 Å². The number of hydrogen-bond acceptors (Lipinski definition) is 9. The van der Waals surface area contributed by atoms with Gasteiger partial charge in [-0.1, -0.05) is 25.0 Å². The van der Waals surface area contributed by atoms with E-state index in [9.17, 15) is 10.1 Å². The van der Waals surface area contributed by atoms with Crippen LogP contribution in [-0.4, -0.2) is 62.9 Å². The van der Waals surface area contributed by atoms with E-state index in [0.29, 0.717) is 29.0 Å². The van der Waals surface area contributed by atoms with Crippen LogP contribution in [0.15, 0.2) is 36.5 Å². The summed E-state index contributed by atoms with van der Waals surface area (Å²) >= 11 is 1.42. The zero-order valence-corrected chi connectivity index (χ0v) is 26.4. The van der Waals surface area contributed by atoms with Crippen molar-refractivity contribution < 1.29 is 4.79 Å². The predicted octanol–water partition coefficient (Wildman–Crippen LogP) is 6.34. The number of nitrogens with zero attached hydrogens (tertiary/aromatic N) is 6. The Morgan fingerprint density at radius 1 is 0.977 bits per heavy atom. The molecule has 0 spiro atoms. The summed E-state index contributed by atoms with van der Waals surface area (Å²) in [5.41, 5.74) is 3.43. The highest BCUT2D eigenvalue weighted by atomic mass is 32.1. The fourth-order valence-corrected chi connectivity index (χ4v) is 8.13. The molecule has 2 atom stereocenters. The summed E-state index contributed by atoms with van der Waals surface area (Å²) in [6, 6.07) is 13.2. The number of carbonyl (C=O) groups is 1. The molecule has 2 aromatic heterocycles. The summed E-state index contributed by atoms with van der Waals surface area (Å²) in [4.78, 5) is 27.4. The van der Waals surface area contributed by atoms with Gasteiger partial charge in [0.1, 0.15) is 16.9 Å². The number of nitrogens with one attached hydrogen (secondary N) is 2. The topological polar surface area (TPSA) is 110 Å². The molecule has 44 heavy (non-hydrogen) atoms. The number of carbonyl (C=O) groups excluding carboxylic acids is 1. The average molecular weight is 611 g/mol. The number of likely N-dealkylation sites (tertiary alicyclic amines) is 1. The second-order valence-electron chi connectivity index (χ2n) is 13.1. The summed E-state index contributed by atoms with van der Waals surface area (Å²) in [5, 5.41) is 17.3. The Bertz CT molecular complexity index is 1500. The quantitative estimate of drug-likeness (QED) is 0.304. The smallest absolute Gasteiger partial charge is 0.251 e. The van der Waals surface area contributed by atoms with E-state index in [-0.39, 0.29) is 23.7 Å². The number of nitriles is 1. The molecule has 0 radical (unpaired) electrons. The highest BCUT2D eigenvalue weighted by Gasteiger charge is 2.32. The van der Waals surface area contributed by atoms with Crippen LogP contribution in [0.4, 0.5) is 16.6 Å². The Hall–Kier alpha value is -3.55. The molecule has 9 nitrogen and oxygen atoms in total. The highest BCUT2D eigenvalue weighted by Crippen LogP contribution is 2.40. The molecule has 1 amide bonds. The molecule has 4 aliphatic rings. The molecular weight excluding hydrogens is 568 g/mol. The maximum Gasteiger partial charge on any atom is 0.251 e. The molecule has 0 bridgehead atoms. The third kappa shape index (κ3) is 6.31. The molecule has 3 aromatic rings. The molecule has 2 aliphatic heterocycles. The van der Waals surface area contributed by atoms with E-state index in [0.717, 1.165) is 62.1 Å². The van der Waals surface area contributed by atoms with Crippen LogP contribution in [0.25, 0.3) is 0 Å². The first-order valence-electron chi connectivity index (χ1n) is 16.5. The van der Waals surface area contributed by atoms with Crippen LogP contribution in [0, 0.1) is 11.3 Å². The minimum atomic E-state index is -0.0375. The highest BCUT2D eigenvalue weighted by molar-refractivity contribution is 7.10. The molecule has 4 fully saturated rings. The molecule has 4 heterocycles. The van der Waals surface area contributed by atoms with E-state index >= 15 is 0 Å². The lowest BCUT2D eigenvalue weighted by atomic mass is 9.92. The zero-order valence-electron chi connectivity index (χ0n) is 25.5. The summed E-state index contributed by atoms with van der Waals surface area (Å²) in [6.07, 6.45) is 13.8. The molecular formula is C34H42N8OS. The second kappa shape index (κ2) is 12.8. The number of benzene rings is 1. The maximum atomic E-state index is 13.1. The van der Waals surface area contributed by atoms with Gasteiger partial charge in [0.15, 0.2) is 11.5 Å². The number of amides is 1. The summed E-state index contributed by atoms with van der Waals surface area (Å²) in [7, 11) is 0. The normalized spacial score (nSPS) is 23.4. The third-order valence-electron chi connectivity index (χ3n) is 10.2. The molecule has 0 unspecified atom stereocenters. The van der Waals surface area contributed by atoms with Gasteiger partial charge in [0.25, 0.3) is 5.91 Å². The summed E-state index contributed by atoms with van der Waals surface area (Å²) in [6.45, 7) is 5.25. The molecule has 10 heteroatoms. The van der Waals surface area contributed by atoms with Gasteiger partial charge in [-0.15, -0.1) is 0 Å². The van der Waals surface area contributed by atoms with Gasteiger partial charge >= 0.3 is 0 Å². The Balaban J connectivity index is 0.999. The van der Waals surface area contributed by atoms with E-state index in [1.807, 2.05) is 12.1 Å². The standard InChI is InChI=1S/C34H42N8OS/c1-22-28(37-34(43)26-12-10-24(11-13-26)23-8-9-23)7-4-16-42(22)31-21-36-30(20-35)33(38-31)39-32-19-29(40-44-32)25-14-17-41(18-15-25)27-5-2-3-6-27/h10-13,19,21-23,25,27-28H,2-9,14-18H2,1H3,(H,37,43)(H,38,39)/t22-,28-/m1/s1. The lowest BCUT2D eigenvalue weighted by molar-refractivity contribution is 0.0924. The SMILES string of the molecule is C[C@@H]1[C@H](NC(=O)c2ccc(C3CC3)cc2)CCCN1c1cnc(C#N)c(Nc2cc(C3CCN(C4CCCC4)CC3)ns2)n1. The number of rotatable bonds is 8. The van der Waals surface area contributed by atoms with Crippen LogP contribution < -0.4 is 15.5 Å². The Morgan fingerprint density at radius 2 is 1.75 bits per heavy atom. The van der Waals surface area contributed by atoms with E-state index < -0.39 is 0 Å². The minimum absolute atomic E-state index is 0.0163. The Labute approximate surface area is 264 Å². The number of aromatic nitrogens is 3. The molecule has 2 saturated carbocycles. The second-order valence-corrected chi connectivity index (χ2v) is 13.9. The van der Waals surface area contributed by atoms with Gasteiger partial charge in [-0.25, -0.2) is 9.97 Å². The fraction of sp³-hybridized carbons (Fsp3) is 0.559. The first-order valence-corrected chi connectivity index (χ1v) is 17.3. The van der Waals surface area contributed by atoms with Crippen molar-refractivity contribution in [1.29, 1.82) is 5.26 Å². The molecule has 2 aliphatic carbocycles. The van der Waals surface area contributed by atoms with Crippen molar-refractivity contribution >= 4 is 34.1 Å². The van der Waals surface area contributed by atoms with Crippen molar-refractivity contribution in [1.82, 2.24) is 24.6 Å². The Kier molecular flexibility index (Phi) is 8.50. The monoisotopic (exact) mass is 610 g/mol. The number of piperidine rings is 2. The molecule has 2 N–H and O–H groups in total. The largest absolute Gasteiger partial charge is 0.351 e. The minimum Gasteiger partial charge on any atom is -0.351 e. The van der Waals surface area contributed by atoms with Gasteiger partial charge in [-0.05, 0) is 113 Å². The summed E-state index contributed by atoms with van der Waals surface area (Å²) < 4.78 is 4.80. The predicted molar refractivity (Wildman–Crippen MR) is 174 cm³/mol. The van der Waals surface area contributed by atoms with Crippen LogP contribution in [-0.2, 0) is 0 Å². The molecule has 1 aromatic carbocycles. The van der Waals surface area contributed by atoms with Gasteiger partial charge < -0.3 is 20.4 Å². The van der Waals surface area contributed by atoms with Crippen LogP contribution in [0.1, 0.15) is 110 Å². The van der Waals surface area contributed by atoms with Crippen molar-refractivity contribution in [2.24, 2.45) is 0 Å². The number of hydrogen-bond donors (Lipinski definition) is 2. The lowest BCUT2D eigenvalue weighted by Gasteiger charge is -2.40. The van der Waals surface area contributed by atoms with Gasteiger partial charge in [0.2, 0.25) is 0 Å². The third-order valence-corrected chi connectivity index (χ3v) is 11.0. The van der Waals surface area contributed by atoms with Crippen LogP contribution in [0.2, 0.25) is 0 Å². The number of anilines is 3. The van der Waals surface area contributed by atoms with Gasteiger partial charge in [-0.3, -0.25) is 4.79 Å². The first kappa shape index (κ1) is 29.2. The van der Waals surface area contributed by atoms with E-state index in [1.165, 1.54) is 55.6 Å². The Morgan fingerprint density at radius 3 is 2.48 bits per heavy atom. The lowest BCUT2D eigenvalue weighted by Crippen LogP contribution is -2.54. The van der Waals surface area contributed by atoms with E-state index in [2.05, 4.69) is 56.6 Å². The first-order chi connectivity index (χ1) is 21.6. The molecule has 230 valence electrons. The average Bonchev–Trinajstić information content (AvgIpc) is 3.55. The van der Waals surface area contributed by atoms with Crippen molar-refractivity contribution in [2.75, 3.05) is 29.9 Å². The van der Waals surface area contributed by atoms with E-state index in [1.54, 1.807) is 6.20 Å². The summed E-state index contributed by atoms with van der Waals surface area (Å²) in [5.74, 6) is 2.27. The van der Waals surface area contributed by atoms with Gasteiger partial charge in [-0.2, -0.15) is 9.64 Å². The fourth-order valence-electron chi connectivity index (χ4n) is 7.41. The molecule has 2 saturated heterocycles. The van der Waals surface area contributed by atoms with E-state index in [4.69, 9.17) is 9.36 Å². The molecule has 7 rings (SSSR count). The van der Waals surface area contributed by atoms with Crippen molar-refractivity contribution in [3.05, 3.63) is 59.0 Å². The van der Waals surface area contributed by atoms with Gasteiger partial charge in [0, 0.05) is 36.2 Å². The van der Waals surface area contributed by atoms with Gasteiger partial charge in [0.05, 0.1) is 11.9 Å². The maximum absolute atomic E-state index is 13.1. The zero-order chi connectivity index (χ0) is 30.0. The van der Waals surface area contributed by atoms with Crippen LogP contribution >= 0.6 is 11.5 Å². The van der Waals surface area contributed by atoms with Crippen LogP contribution in [0.5, 0.6) is 0 Å². The van der Waals surface area contributed by atoms with Crippen LogP contribution in [0.3, 0.4) is 0 Å². The van der Waals surface area contributed by atoms with Crippen molar-refractivity contribution in [3.8, 4) is 6.07 Å².